The molecule has 180 valence electrons. The van der Waals surface area contributed by atoms with E-state index >= 15 is 0 Å². The minimum absolute atomic E-state index is 0.0814. The molecule has 7 heteroatoms. The zero-order valence-corrected chi connectivity index (χ0v) is 19.0. The Balaban J connectivity index is 1.54. The molecule has 0 amide bonds. The van der Waals surface area contributed by atoms with Crippen molar-refractivity contribution < 1.29 is 27.4 Å². The lowest BCUT2D eigenvalue weighted by molar-refractivity contribution is -0.150. The SMILES string of the molecule is CCOC(=O)C1CCCN(CCOCCC(c2ccccc2)c2cccc(C(F)(F)F)c2)C1. The predicted molar refractivity (Wildman–Crippen MR) is 121 cm³/mol. The summed E-state index contributed by atoms with van der Waals surface area (Å²) in [5.41, 5.74) is 0.963. The minimum Gasteiger partial charge on any atom is -0.466 e. The molecule has 0 aliphatic carbocycles. The van der Waals surface area contributed by atoms with Crippen LogP contribution in [0.25, 0.3) is 0 Å². The molecule has 33 heavy (non-hydrogen) atoms. The Hall–Kier alpha value is -2.38. The third-order valence-corrected chi connectivity index (χ3v) is 6.05. The highest BCUT2D eigenvalue weighted by Crippen LogP contribution is 2.34. The van der Waals surface area contributed by atoms with E-state index in [0.717, 1.165) is 37.6 Å². The predicted octanol–water partition coefficient (Wildman–Crippen LogP) is 5.52. The third-order valence-electron chi connectivity index (χ3n) is 6.05. The van der Waals surface area contributed by atoms with Crippen LogP contribution in [-0.4, -0.2) is 50.3 Å². The first-order valence-corrected chi connectivity index (χ1v) is 11.6. The second kappa shape index (κ2) is 12.2. The topological polar surface area (TPSA) is 38.8 Å². The lowest BCUT2D eigenvalue weighted by atomic mass is 9.88. The smallest absolute Gasteiger partial charge is 0.416 e. The zero-order valence-electron chi connectivity index (χ0n) is 19.0. The Bertz CT molecular complexity index is 873. The van der Waals surface area contributed by atoms with Crippen molar-refractivity contribution in [3.8, 4) is 0 Å². The minimum atomic E-state index is -4.37. The van der Waals surface area contributed by atoms with Gasteiger partial charge >= 0.3 is 12.1 Å². The average molecular weight is 464 g/mol. The van der Waals surface area contributed by atoms with E-state index in [2.05, 4.69) is 4.90 Å². The number of hydrogen-bond acceptors (Lipinski definition) is 4. The van der Waals surface area contributed by atoms with Crippen LogP contribution in [0.15, 0.2) is 54.6 Å². The summed E-state index contributed by atoms with van der Waals surface area (Å²) in [6, 6.07) is 15.1. The van der Waals surface area contributed by atoms with Crippen LogP contribution >= 0.6 is 0 Å². The summed E-state index contributed by atoms with van der Waals surface area (Å²) in [7, 11) is 0. The van der Waals surface area contributed by atoms with Gasteiger partial charge in [-0.3, -0.25) is 4.79 Å². The summed E-state index contributed by atoms with van der Waals surface area (Å²) in [4.78, 5) is 14.2. The molecule has 3 rings (SSSR count). The highest BCUT2D eigenvalue weighted by molar-refractivity contribution is 5.72. The standard InChI is InChI=1S/C26H32F3NO3/c1-2-33-25(31)22-11-7-14-30(19-22)15-17-32-16-13-24(20-8-4-3-5-9-20)21-10-6-12-23(18-21)26(27,28)29/h3-6,8-10,12,18,22,24H,2,7,11,13-17,19H2,1H3. The molecule has 2 aromatic rings. The number of esters is 1. The maximum absolute atomic E-state index is 13.2. The second-order valence-corrected chi connectivity index (χ2v) is 8.38. The summed E-state index contributed by atoms with van der Waals surface area (Å²) in [5, 5.41) is 0. The maximum atomic E-state index is 13.2. The van der Waals surface area contributed by atoms with E-state index < -0.39 is 11.7 Å². The van der Waals surface area contributed by atoms with Crippen LogP contribution in [0.2, 0.25) is 0 Å². The van der Waals surface area contributed by atoms with Crippen LogP contribution in [0.4, 0.5) is 13.2 Å². The monoisotopic (exact) mass is 463 g/mol. The molecule has 2 atom stereocenters. The molecule has 2 aromatic carbocycles. The molecule has 1 saturated heterocycles. The molecular weight excluding hydrogens is 431 g/mol. The van der Waals surface area contributed by atoms with Gasteiger partial charge in [-0.05, 0) is 49.9 Å². The molecule has 1 heterocycles. The summed E-state index contributed by atoms with van der Waals surface area (Å²) in [5.74, 6) is -0.395. The number of hydrogen-bond donors (Lipinski definition) is 0. The van der Waals surface area contributed by atoms with Crippen LogP contribution in [0.1, 0.15) is 48.8 Å². The lowest BCUT2D eigenvalue weighted by Gasteiger charge is -2.31. The van der Waals surface area contributed by atoms with Crippen molar-refractivity contribution in [2.24, 2.45) is 5.92 Å². The number of benzene rings is 2. The molecule has 0 N–H and O–H groups in total. The fraction of sp³-hybridized carbons (Fsp3) is 0.500. The van der Waals surface area contributed by atoms with Gasteiger partial charge in [0.15, 0.2) is 0 Å². The van der Waals surface area contributed by atoms with E-state index in [-0.39, 0.29) is 17.8 Å². The van der Waals surface area contributed by atoms with Crippen molar-refractivity contribution in [2.75, 3.05) is 39.5 Å². The molecule has 0 aromatic heterocycles. The quantitative estimate of drug-likeness (QED) is 0.344. The number of carbonyl (C=O) groups excluding carboxylic acids is 1. The van der Waals surface area contributed by atoms with Crippen molar-refractivity contribution in [3.05, 3.63) is 71.3 Å². The van der Waals surface area contributed by atoms with Gasteiger partial charge in [0, 0.05) is 25.6 Å². The maximum Gasteiger partial charge on any atom is 0.416 e. The molecule has 1 aliphatic rings. The molecule has 4 nitrogen and oxygen atoms in total. The highest BCUT2D eigenvalue weighted by atomic mass is 19.4. The molecular formula is C26H32F3NO3. The Labute approximate surface area is 193 Å². The van der Waals surface area contributed by atoms with E-state index in [1.54, 1.807) is 6.07 Å². The highest BCUT2D eigenvalue weighted by Gasteiger charge is 2.31. The normalized spacial score (nSPS) is 18.1. The van der Waals surface area contributed by atoms with Crippen LogP contribution in [-0.2, 0) is 20.4 Å². The van der Waals surface area contributed by atoms with Crippen molar-refractivity contribution in [3.63, 3.8) is 0 Å². The second-order valence-electron chi connectivity index (χ2n) is 8.38. The number of likely N-dealkylation sites (tertiary alicyclic amines) is 1. The van der Waals surface area contributed by atoms with Gasteiger partial charge < -0.3 is 14.4 Å². The number of halogens is 3. The molecule has 0 spiro atoms. The van der Waals surface area contributed by atoms with Crippen LogP contribution in [0.5, 0.6) is 0 Å². The first-order valence-electron chi connectivity index (χ1n) is 11.6. The number of rotatable bonds is 10. The number of ether oxygens (including phenoxy) is 2. The molecule has 0 saturated carbocycles. The number of carbonyl (C=O) groups is 1. The first-order chi connectivity index (χ1) is 15.9. The van der Waals surface area contributed by atoms with Gasteiger partial charge in [0.05, 0.1) is 24.7 Å². The van der Waals surface area contributed by atoms with E-state index in [1.807, 2.05) is 37.3 Å². The summed E-state index contributed by atoms with van der Waals surface area (Å²) >= 11 is 0. The van der Waals surface area contributed by atoms with Crippen LogP contribution < -0.4 is 0 Å². The van der Waals surface area contributed by atoms with Gasteiger partial charge in [0.25, 0.3) is 0 Å². The zero-order chi connectivity index (χ0) is 23.7. The Morgan fingerprint density at radius 2 is 1.85 bits per heavy atom. The van der Waals surface area contributed by atoms with Gasteiger partial charge in [-0.25, -0.2) is 0 Å². The molecule has 0 radical (unpaired) electrons. The summed E-state index contributed by atoms with van der Waals surface area (Å²) in [6.07, 6.45) is -1.98. The van der Waals surface area contributed by atoms with Gasteiger partial charge in [0.1, 0.15) is 0 Å². The number of alkyl halides is 3. The first kappa shape index (κ1) is 25.2. The molecule has 1 fully saturated rings. The number of piperidine rings is 1. The van der Waals surface area contributed by atoms with Crippen molar-refractivity contribution in [1.82, 2.24) is 4.90 Å². The van der Waals surface area contributed by atoms with Crippen LogP contribution in [0.3, 0.4) is 0 Å². The molecule has 2 unspecified atom stereocenters. The third kappa shape index (κ3) is 7.57. The van der Waals surface area contributed by atoms with Gasteiger partial charge in [-0.2, -0.15) is 13.2 Å². The van der Waals surface area contributed by atoms with E-state index in [1.165, 1.54) is 12.1 Å². The van der Waals surface area contributed by atoms with E-state index in [9.17, 15) is 18.0 Å². The van der Waals surface area contributed by atoms with Crippen molar-refractivity contribution in [2.45, 2.75) is 38.3 Å². The fourth-order valence-electron chi connectivity index (χ4n) is 4.35. The lowest BCUT2D eigenvalue weighted by Crippen LogP contribution is -2.40. The van der Waals surface area contributed by atoms with Crippen molar-refractivity contribution in [1.29, 1.82) is 0 Å². The Morgan fingerprint density at radius 3 is 2.58 bits per heavy atom. The summed E-state index contributed by atoms with van der Waals surface area (Å²) in [6.45, 7) is 5.48. The number of nitrogens with zero attached hydrogens (tertiary/aromatic N) is 1. The van der Waals surface area contributed by atoms with E-state index in [0.29, 0.717) is 38.3 Å². The van der Waals surface area contributed by atoms with Gasteiger partial charge in [0.2, 0.25) is 0 Å². The van der Waals surface area contributed by atoms with Crippen molar-refractivity contribution >= 4 is 5.97 Å². The van der Waals surface area contributed by atoms with Gasteiger partial charge in [-0.15, -0.1) is 0 Å². The molecule has 0 bridgehead atoms. The Morgan fingerprint density at radius 1 is 1.09 bits per heavy atom. The molecule has 1 aliphatic heterocycles. The average Bonchev–Trinajstić information content (AvgIpc) is 2.82. The fourth-order valence-corrected chi connectivity index (χ4v) is 4.35. The van der Waals surface area contributed by atoms with Crippen LogP contribution in [0, 0.1) is 5.92 Å². The largest absolute Gasteiger partial charge is 0.466 e. The van der Waals surface area contributed by atoms with E-state index in [4.69, 9.17) is 9.47 Å². The summed E-state index contributed by atoms with van der Waals surface area (Å²) < 4.78 is 50.7. The van der Waals surface area contributed by atoms with Gasteiger partial charge in [-0.1, -0.05) is 48.5 Å². The Kier molecular flexibility index (Phi) is 9.32.